The van der Waals surface area contributed by atoms with E-state index in [0.717, 1.165) is 0 Å². The van der Waals surface area contributed by atoms with Gasteiger partial charge in [-0.1, -0.05) is 0 Å². The zero-order valence-corrected chi connectivity index (χ0v) is 6.16. The van der Waals surface area contributed by atoms with Crippen molar-refractivity contribution < 1.29 is 0 Å². The molecule has 0 bridgehead atoms. The van der Waals surface area contributed by atoms with Crippen LogP contribution in [0.5, 0.6) is 0 Å². The fourth-order valence-corrected chi connectivity index (χ4v) is 1.59. The van der Waals surface area contributed by atoms with E-state index in [-0.39, 0.29) is 16.0 Å². The molecule has 3 heteroatoms. The maximum absolute atomic E-state index is 5.15. The van der Waals surface area contributed by atoms with Crippen molar-refractivity contribution >= 4 is 22.2 Å². The van der Waals surface area contributed by atoms with E-state index in [4.69, 9.17) is 5.73 Å². The summed E-state index contributed by atoms with van der Waals surface area (Å²) in [6.07, 6.45) is 7.27. The van der Waals surface area contributed by atoms with Gasteiger partial charge in [-0.25, -0.2) is 0 Å². The molecule has 0 aliphatic carbocycles. The molecule has 0 fully saturated rings. The van der Waals surface area contributed by atoms with Crippen molar-refractivity contribution in [2.45, 2.75) is 0 Å². The van der Waals surface area contributed by atoms with Crippen LogP contribution in [0.15, 0.2) is 26.6 Å². The van der Waals surface area contributed by atoms with E-state index >= 15 is 0 Å². The van der Waals surface area contributed by atoms with E-state index in [9.17, 15) is 0 Å². The molecule has 2 N–H and O–H groups in total. The SMILES string of the molecule is N/C=C/C1=CC=N[As]1. The number of hydrogen-bond acceptors (Lipinski definition) is 2. The fourth-order valence-electron chi connectivity index (χ4n) is 0.431. The van der Waals surface area contributed by atoms with Crippen LogP contribution in [-0.4, -0.2) is 22.2 Å². The van der Waals surface area contributed by atoms with Crippen LogP contribution in [0.25, 0.3) is 0 Å². The first kappa shape index (κ1) is 5.64. The second kappa shape index (κ2) is 2.73. The predicted octanol–water partition coefficient (Wildman–Crippen LogP) is 0.0463. The molecule has 0 aromatic carbocycles. The third-order valence-corrected chi connectivity index (χ3v) is 2.38. The second-order valence-electron chi connectivity index (χ2n) is 1.32. The van der Waals surface area contributed by atoms with Crippen LogP contribution in [-0.2, 0) is 0 Å². The van der Waals surface area contributed by atoms with Gasteiger partial charge < -0.3 is 0 Å². The molecular weight excluding hydrogens is 163 g/mol. The Bertz CT molecular complexity index is 158. The van der Waals surface area contributed by atoms with Crippen LogP contribution in [0.2, 0.25) is 0 Å². The standard InChI is InChI=1S/C5H6AsN2/c7-3-1-5-2-4-8-6-5/h1-4H,7H2/b3-1+. The molecule has 0 aromatic heterocycles. The molecule has 0 saturated carbocycles. The number of hydrogen-bond donors (Lipinski definition) is 1. The van der Waals surface area contributed by atoms with Crippen molar-refractivity contribution in [3.8, 4) is 0 Å². The molecule has 0 atom stereocenters. The third-order valence-electron chi connectivity index (χ3n) is 0.752. The van der Waals surface area contributed by atoms with Crippen molar-refractivity contribution in [2.75, 3.05) is 0 Å². The van der Waals surface area contributed by atoms with Crippen molar-refractivity contribution in [1.29, 1.82) is 0 Å². The van der Waals surface area contributed by atoms with Gasteiger partial charge >= 0.3 is 54.5 Å². The zero-order chi connectivity index (χ0) is 5.82. The zero-order valence-electron chi connectivity index (χ0n) is 4.28. The molecule has 2 nitrogen and oxygen atoms in total. The number of allylic oxidation sites excluding steroid dienone is 3. The van der Waals surface area contributed by atoms with Crippen molar-refractivity contribution in [3.05, 3.63) is 22.7 Å². The Morgan fingerprint density at radius 3 is 3.12 bits per heavy atom. The van der Waals surface area contributed by atoms with E-state index in [1.54, 1.807) is 6.20 Å². The molecule has 0 unspecified atom stereocenters. The van der Waals surface area contributed by atoms with Crippen LogP contribution in [0.1, 0.15) is 0 Å². The molecule has 1 radical (unpaired) electrons. The van der Waals surface area contributed by atoms with Crippen LogP contribution in [0.3, 0.4) is 0 Å². The summed E-state index contributed by atoms with van der Waals surface area (Å²) in [5.74, 6) is 0. The predicted molar refractivity (Wildman–Crippen MR) is 35.7 cm³/mol. The molecule has 1 aliphatic rings. The van der Waals surface area contributed by atoms with Gasteiger partial charge in [0.15, 0.2) is 0 Å². The quantitative estimate of drug-likeness (QED) is 0.553. The van der Waals surface area contributed by atoms with Crippen molar-refractivity contribution in [2.24, 2.45) is 9.64 Å². The van der Waals surface area contributed by atoms with Gasteiger partial charge in [0.2, 0.25) is 0 Å². The van der Waals surface area contributed by atoms with Gasteiger partial charge in [-0.3, -0.25) is 0 Å². The van der Waals surface area contributed by atoms with Crippen molar-refractivity contribution in [3.63, 3.8) is 0 Å². The Morgan fingerprint density at radius 1 is 1.75 bits per heavy atom. The fraction of sp³-hybridized carbons (Fsp3) is 0. The summed E-state index contributed by atoms with van der Waals surface area (Å²) in [5.41, 5.74) is 5.15. The van der Waals surface area contributed by atoms with Gasteiger partial charge in [-0.15, -0.1) is 0 Å². The Balaban J connectivity index is 2.51. The average Bonchev–Trinajstić information content (AvgIpc) is 2.19. The molecular formula is C5H6AsN2. The summed E-state index contributed by atoms with van der Waals surface area (Å²) >= 11 is 0.0595. The van der Waals surface area contributed by atoms with E-state index in [0.29, 0.717) is 0 Å². The van der Waals surface area contributed by atoms with Crippen molar-refractivity contribution in [1.82, 2.24) is 0 Å². The van der Waals surface area contributed by atoms with Gasteiger partial charge in [-0.05, 0) is 0 Å². The van der Waals surface area contributed by atoms with Gasteiger partial charge in [0.1, 0.15) is 0 Å². The first-order valence-corrected chi connectivity index (χ1v) is 4.04. The molecule has 41 valence electrons. The summed E-state index contributed by atoms with van der Waals surface area (Å²) in [6, 6.07) is 0. The monoisotopic (exact) mass is 169 g/mol. The molecule has 1 heterocycles. The van der Waals surface area contributed by atoms with Gasteiger partial charge in [0, 0.05) is 0 Å². The van der Waals surface area contributed by atoms with E-state index in [1.807, 2.05) is 18.4 Å². The molecule has 1 rings (SSSR count). The first-order valence-electron chi connectivity index (χ1n) is 2.26. The molecule has 0 aromatic rings. The van der Waals surface area contributed by atoms with Crippen LogP contribution in [0, 0.1) is 0 Å². The molecule has 0 amide bonds. The van der Waals surface area contributed by atoms with E-state index < -0.39 is 0 Å². The Morgan fingerprint density at radius 2 is 2.62 bits per heavy atom. The maximum atomic E-state index is 5.15. The van der Waals surface area contributed by atoms with Crippen LogP contribution < -0.4 is 5.73 Å². The summed E-state index contributed by atoms with van der Waals surface area (Å²) in [4.78, 5) is 0. The van der Waals surface area contributed by atoms with Crippen LogP contribution in [0.4, 0.5) is 0 Å². The summed E-state index contributed by atoms with van der Waals surface area (Å²) in [7, 11) is 0. The number of rotatable bonds is 1. The number of nitrogens with zero attached hydrogens (tertiary/aromatic N) is 1. The average molecular weight is 169 g/mol. The summed E-state index contributed by atoms with van der Waals surface area (Å²) < 4.78 is 5.32. The Hall–Kier alpha value is -0.492. The molecule has 0 saturated heterocycles. The number of nitrogens with two attached hydrogens (primary N) is 1. The van der Waals surface area contributed by atoms with Gasteiger partial charge in [0.05, 0.1) is 0 Å². The second-order valence-corrected chi connectivity index (χ2v) is 3.30. The van der Waals surface area contributed by atoms with Crippen LogP contribution >= 0.6 is 0 Å². The van der Waals surface area contributed by atoms with E-state index in [1.165, 1.54) is 4.36 Å². The summed E-state index contributed by atoms with van der Waals surface area (Å²) in [6.45, 7) is 0. The van der Waals surface area contributed by atoms with E-state index in [2.05, 4.69) is 3.91 Å². The topological polar surface area (TPSA) is 38.4 Å². The molecule has 0 spiro atoms. The molecule has 8 heavy (non-hydrogen) atoms. The van der Waals surface area contributed by atoms with Gasteiger partial charge in [0.25, 0.3) is 0 Å². The first-order chi connectivity index (χ1) is 3.93. The normalized spacial score (nSPS) is 20.8. The Kier molecular flexibility index (Phi) is 1.92. The molecule has 1 aliphatic heterocycles. The minimum absolute atomic E-state index is 0.0595. The Labute approximate surface area is 55.1 Å². The van der Waals surface area contributed by atoms with Gasteiger partial charge in [-0.2, -0.15) is 0 Å². The third kappa shape index (κ3) is 1.24. The minimum atomic E-state index is 0.0595. The summed E-state index contributed by atoms with van der Waals surface area (Å²) in [5, 5.41) is 0.